The maximum atomic E-state index is 14.2. The maximum Gasteiger partial charge on any atom is 0.416 e. The molecule has 1 heterocycles. The Kier molecular flexibility index (Phi) is 16.3. The summed E-state index contributed by atoms with van der Waals surface area (Å²) in [5.41, 5.74) is -28.6. The Bertz CT molecular complexity index is 2910. The molecule has 0 bridgehead atoms. The quantitative estimate of drug-likeness (QED) is 0.0658. The summed E-state index contributed by atoms with van der Waals surface area (Å²) in [6.45, 7) is 0.135. The van der Waals surface area contributed by atoms with Crippen molar-refractivity contribution in [2.75, 3.05) is 0 Å². The number of aromatic nitrogens is 2. The minimum absolute atomic E-state index is 0.0330. The molecule has 7 aromatic rings. The highest BCUT2D eigenvalue weighted by molar-refractivity contribution is 7.20. The zero-order valence-corrected chi connectivity index (χ0v) is 38.4. The van der Waals surface area contributed by atoms with Gasteiger partial charge in [0, 0.05) is 5.56 Å². The fourth-order valence-electron chi connectivity index (χ4n) is 8.36. The van der Waals surface area contributed by atoms with E-state index in [1.807, 2.05) is 18.2 Å². The molecule has 29 heteroatoms. The number of benzene rings is 6. The van der Waals surface area contributed by atoms with Crippen molar-refractivity contribution >= 4 is 33.8 Å². The van der Waals surface area contributed by atoms with E-state index >= 15 is 0 Å². The minimum Gasteiger partial charge on any atom is -0.287 e. The zero-order valence-electron chi connectivity index (χ0n) is 38.4. The second kappa shape index (κ2) is 21.2. The molecule has 6 aromatic carbocycles. The van der Waals surface area contributed by atoms with Gasteiger partial charge in [-0.25, -0.2) is 4.39 Å². The molecule has 0 atom stereocenters. The predicted octanol–water partition coefficient (Wildman–Crippen LogP) is 14.3. The van der Waals surface area contributed by atoms with Gasteiger partial charge >= 0.3 is 49.4 Å². The zero-order chi connectivity index (χ0) is 59.3. The molecule has 3 nitrogen and oxygen atoms in total. The summed E-state index contributed by atoms with van der Waals surface area (Å²) in [5, 5.41) is 0. The minimum atomic E-state index is -6.13. The van der Waals surface area contributed by atoms with Crippen molar-refractivity contribution in [3.63, 3.8) is 0 Å². The molecule has 0 aliphatic rings. The summed E-state index contributed by atoms with van der Waals surface area (Å²) in [6, 6.07) is 6.70. The molecule has 7 rings (SSSR count). The number of rotatable bonds is 8. The number of Topliss-reactive ketones (excluding diaryl/α,β-unsaturated/α-hetero) is 1. The third-order valence-electron chi connectivity index (χ3n) is 11.8. The predicted molar refractivity (Wildman–Crippen MR) is 231 cm³/mol. The first-order valence-electron chi connectivity index (χ1n) is 21.5. The highest BCUT2D eigenvalue weighted by Crippen LogP contribution is 2.41. The van der Waals surface area contributed by atoms with Gasteiger partial charge in [0.05, 0.1) is 62.5 Å². The van der Waals surface area contributed by atoms with Crippen LogP contribution in [0.25, 0.3) is 11.3 Å². The molecule has 0 N–H and O–H groups in total. The van der Waals surface area contributed by atoms with Crippen molar-refractivity contribution in [3.8, 4) is 11.3 Å². The van der Waals surface area contributed by atoms with Gasteiger partial charge in [-0.15, -0.1) is 0 Å². The number of ketones is 1. The average Bonchev–Trinajstić information content (AvgIpc) is 3.43. The van der Waals surface area contributed by atoms with Crippen molar-refractivity contribution in [3.05, 3.63) is 202 Å². The van der Waals surface area contributed by atoms with Gasteiger partial charge in [0.15, 0.2) is 6.20 Å². The number of alkyl halides is 24. The van der Waals surface area contributed by atoms with Crippen molar-refractivity contribution in [1.82, 2.24) is 4.98 Å². The lowest BCUT2D eigenvalue weighted by molar-refractivity contribution is -0.672. The Morgan fingerprint density at radius 1 is 0.392 bits per heavy atom. The van der Waals surface area contributed by atoms with Crippen LogP contribution < -0.4 is 26.4 Å². The van der Waals surface area contributed by atoms with E-state index in [0.29, 0.717) is 16.8 Å². The van der Waals surface area contributed by atoms with Gasteiger partial charge in [-0.1, -0.05) is 91.0 Å². The van der Waals surface area contributed by atoms with Crippen LogP contribution in [0.1, 0.15) is 54.9 Å². The molecule has 0 aliphatic carbocycles. The van der Waals surface area contributed by atoms with E-state index in [1.165, 1.54) is 6.07 Å². The van der Waals surface area contributed by atoms with Crippen molar-refractivity contribution < 1.29 is 119 Å². The SMILES string of the molecule is FC(F)(F)c1cc([B-](c2cc(C(F)(F)F)cc(C(F)(F)F)c2)(c2cc(C(F)(F)F)cc(C(F)(F)F)c2)c2cc(C(F)(F)F)cc(C(F)(F)F)c2)cc(C(F)(F)F)c1.O=C(C[n+]1ccncc1-c1ccccc1F)c1ccccc1. The van der Waals surface area contributed by atoms with Crippen LogP contribution in [0.3, 0.4) is 0 Å². The number of carbonyl (C=O) groups excluding carboxylic acids is 1. The Hall–Kier alpha value is -7.62. The monoisotopic (exact) mass is 1160 g/mol. The Morgan fingerprint density at radius 2 is 0.671 bits per heavy atom. The standard InChI is InChI=1S/C32H12BF24.C18H14FN2O/c34-25(35,36)13-1-14(26(37,38)39)6-21(5-13)33(22-7-15(27(40,41)42)2-16(8-22)28(43,44)45,23-9-17(29(46,47)48)3-18(10-23)30(49,50)51)24-11-19(31(52,53)54)4-20(12-24)32(55,56)57;19-16-9-5-4-8-15(16)17-12-20-10-11-21(17)13-18(22)14-6-2-1-3-7-14/h1-12H;1-12H,13H2/q-1;+1. The van der Waals surface area contributed by atoms with E-state index in [4.69, 9.17) is 0 Å². The fraction of sp³-hybridized carbons (Fsp3) is 0.180. The van der Waals surface area contributed by atoms with Crippen molar-refractivity contribution in [1.29, 1.82) is 0 Å². The topological polar surface area (TPSA) is 33.8 Å². The van der Waals surface area contributed by atoms with Crippen LogP contribution in [0.15, 0.2) is 146 Å². The number of carbonyl (C=O) groups is 1. The lowest BCUT2D eigenvalue weighted by Crippen LogP contribution is -2.75. The molecule has 0 amide bonds. The van der Waals surface area contributed by atoms with Gasteiger partial charge in [0.1, 0.15) is 12.0 Å². The number of nitrogens with zero attached hydrogens (tertiary/aromatic N) is 2. The van der Waals surface area contributed by atoms with Crippen LogP contribution in [0.2, 0.25) is 0 Å². The highest BCUT2D eigenvalue weighted by atomic mass is 19.4. The van der Waals surface area contributed by atoms with Crippen LogP contribution in [-0.4, -0.2) is 16.9 Å². The summed E-state index contributed by atoms with van der Waals surface area (Å²) in [6.07, 6.45) is -50.0. The third-order valence-corrected chi connectivity index (χ3v) is 11.8. The Balaban J connectivity index is 0.000000378. The van der Waals surface area contributed by atoms with Crippen LogP contribution in [0.4, 0.5) is 110 Å². The van der Waals surface area contributed by atoms with Gasteiger partial charge < -0.3 is 0 Å². The number of hydrogen-bond acceptors (Lipinski definition) is 2. The second-order valence-electron chi connectivity index (χ2n) is 17.1. The molecule has 0 spiro atoms. The Labute approximate surface area is 426 Å². The van der Waals surface area contributed by atoms with Crippen molar-refractivity contribution in [2.45, 2.75) is 56.0 Å². The first kappa shape index (κ1) is 60.6. The van der Waals surface area contributed by atoms with Gasteiger partial charge in [0.2, 0.25) is 18.0 Å². The summed E-state index contributed by atoms with van der Waals surface area (Å²) < 4.78 is 357. The highest BCUT2D eigenvalue weighted by Gasteiger charge is 2.47. The number of hydrogen-bond donors (Lipinski definition) is 0. The van der Waals surface area contributed by atoms with Crippen LogP contribution >= 0.6 is 0 Å². The molecular weight excluding hydrogens is 1130 g/mol. The lowest BCUT2D eigenvalue weighted by atomic mass is 9.12. The summed E-state index contributed by atoms with van der Waals surface area (Å²) in [5.74, 6) is -0.370. The third kappa shape index (κ3) is 13.8. The molecule has 1 aromatic heterocycles. The molecule has 0 saturated carbocycles. The van der Waals surface area contributed by atoms with Gasteiger partial charge in [-0.2, -0.15) is 132 Å². The smallest absolute Gasteiger partial charge is 0.287 e. The van der Waals surface area contributed by atoms with Crippen LogP contribution in [-0.2, 0) is 56.0 Å². The van der Waals surface area contributed by atoms with E-state index in [0.717, 1.165) is 0 Å². The largest absolute Gasteiger partial charge is 0.416 e. The normalized spacial score (nSPS) is 13.2. The first-order chi connectivity index (χ1) is 36.0. The Morgan fingerprint density at radius 3 is 0.949 bits per heavy atom. The lowest BCUT2D eigenvalue weighted by Gasteiger charge is -2.46. The molecule has 0 unspecified atom stereocenters. The molecule has 0 fully saturated rings. The van der Waals surface area contributed by atoms with Crippen molar-refractivity contribution in [2.24, 2.45) is 0 Å². The molecule has 79 heavy (non-hydrogen) atoms. The average molecular weight is 1160 g/mol. The van der Waals surface area contributed by atoms with E-state index in [-0.39, 0.29) is 18.1 Å². The summed E-state index contributed by atoms with van der Waals surface area (Å²) in [4.78, 5) is 16.4. The van der Waals surface area contributed by atoms with E-state index < -0.39 is 195 Å². The van der Waals surface area contributed by atoms with E-state index in [1.54, 1.807) is 53.5 Å². The fourth-order valence-corrected chi connectivity index (χ4v) is 8.36. The van der Waals surface area contributed by atoms with Gasteiger partial charge in [-0.05, 0) is 36.4 Å². The summed E-state index contributed by atoms with van der Waals surface area (Å²) >= 11 is 0. The first-order valence-corrected chi connectivity index (χ1v) is 21.5. The van der Waals surface area contributed by atoms with Crippen LogP contribution in [0.5, 0.6) is 0 Å². The number of halogens is 25. The summed E-state index contributed by atoms with van der Waals surface area (Å²) in [7, 11) is 0. The maximum absolute atomic E-state index is 14.2. The van der Waals surface area contributed by atoms with E-state index in [9.17, 15) is 115 Å². The molecular formula is C50H26BF25N2O. The second-order valence-corrected chi connectivity index (χ2v) is 17.1. The molecule has 0 aliphatic heterocycles. The van der Waals surface area contributed by atoms with Crippen LogP contribution in [0, 0.1) is 5.82 Å². The van der Waals surface area contributed by atoms with Gasteiger partial charge in [-0.3, -0.25) is 9.78 Å². The molecule has 420 valence electrons. The molecule has 0 saturated heterocycles. The van der Waals surface area contributed by atoms with Gasteiger partial charge in [0.25, 0.3) is 0 Å². The van der Waals surface area contributed by atoms with E-state index in [2.05, 4.69) is 4.98 Å². The molecule has 0 radical (unpaired) electrons.